The summed E-state index contributed by atoms with van der Waals surface area (Å²) in [4.78, 5) is 12.0. The second-order valence-corrected chi connectivity index (χ2v) is 8.07. The van der Waals surface area contributed by atoms with Crippen molar-refractivity contribution in [3.63, 3.8) is 0 Å². The number of halogens is 2. The first kappa shape index (κ1) is 16.6. The van der Waals surface area contributed by atoms with E-state index in [-0.39, 0.29) is 21.6 Å². The molecule has 0 aromatic heterocycles. The van der Waals surface area contributed by atoms with Crippen LogP contribution in [-0.2, 0) is 13.8 Å². The second-order valence-electron chi connectivity index (χ2n) is 5.10. The van der Waals surface area contributed by atoms with Crippen LogP contribution >= 0.6 is 22.3 Å². The molecule has 0 unspecified atom stereocenters. The van der Waals surface area contributed by atoms with Gasteiger partial charge < -0.3 is 4.74 Å². The number of hydrogen-bond acceptors (Lipinski definition) is 4. The predicted octanol–water partition coefficient (Wildman–Crippen LogP) is 4.15. The van der Waals surface area contributed by atoms with Crippen LogP contribution < -0.4 is 0 Å². The van der Waals surface area contributed by atoms with Gasteiger partial charge in [-0.25, -0.2) is 13.2 Å². The van der Waals surface area contributed by atoms with Gasteiger partial charge in [0.1, 0.15) is 6.10 Å². The molecular formula is C14H16Cl2O4S. The SMILES string of the molecule is O=C(OC1CCCCCC1)c1cc(S(=O)(=O)Cl)ccc1Cl. The van der Waals surface area contributed by atoms with E-state index in [0.29, 0.717) is 0 Å². The molecule has 2 rings (SSSR count). The van der Waals surface area contributed by atoms with E-state index < -0.39 is 15.0 Å². The fraction of sp³-hybridized carbons (Fsp3) is 0.500. The number of hydrogen-bond donors (Lipinski definition) is 0. The first-order chi connectivity index (χ1) is 9.88. The smallest absolute Gasteiger partial charge is 0.339 e. The lowest BCUT2D eigenvalue weighted by Gasteiger charge is -2.16. The van der Waals surface area contributed by atoms with E-state index in [0.717, 1.165) is 44.6 Å². The van der Waals surface area contributed by atoms with Gasteiger partial charge in [-0.1, -0.05) is 24.4 Å². The summed E-state index contributed by atoms with van der Waals surface area (Å²) in [5, 5.41) is 0.151. The van der Waals surface area contributed by atoms with Gasteiger partial charge in [0.15, 0.2) is 0 Å². The molecule has 0 amide bonds. The third-order valence-electron chi connectivity index (χ3n) is 3.52. The van der Waals surface area contributed by atoms with Gasteiger partial charge >= 0.3 is 5.97 Å². The van der Waals surface area contributed by atoms with Gasteiger partial charge in [-0.15, -0.1) is 0 Å². The molecule has 0 atom stereocenters. The van der Waals surface area contributed by atoms with Crippen molar-refractivity contribution in [2.75, 3.05) is 0 Å². The number of carbonyl (C=O) groups is 1. The summed E-state index contributed by atoms with van der Waals surface area (Å²) in [5.41, 5.74) is 0.0302. The van der Waals surface area contributed by atoms with Crippen LogP contribution in [0.4, 0.5) is 0 Å². The van der Waals surface area contributed by atoms with Gasteiger partial charge in [0.2, 0.25) is 0 Å². The molecule has 0 heterocycles. The van der Waals surface area contributed by atoms with Gasteiger partial charge in [0, 0.05) is 10.7 Å². The van der Waals surface area contributed by atoms with Crippen LogP contribution in [0, 0.1) is 0 Å². The van der Waals surface area contributed by atoms with Crippen molar-refractivity contribution >= 4 is 37.3 Å². The molecule has 116 valence electrons. The lowest BCUT2D eigenvalue weighted by Crippen LogP contribution is -2.18. The van der Waals surface area contributed by atoms with Crippen molar-refractivity contribution in [2.45, 2.75) is 49.5 Å². The molecule has 0 radical (unpaired) electrons. The van der Waals surface area contributed by atoms with E-state index in [1.165, 1.54) is 12.1 Å². The molecule has 1 aromatic rings. The highest BCUT2D eigenvalue weighted by molar-refractivity contribution is 8.13. The summed E-state index contributed by atoms with van der Waals surface area (Å²) >= 11 is 5.95. The van der Waals surface area contributed by atoms with Gasteiger partial charge in [-0.2, -0.15) is 0 Å². The molecule has 21 heavy (non-hydrogen) atoms. The van der Waals surface area contributed by atoms with E-state index in [9.17, 15) is 13.2 Å². The molecule has 0 bridgehead atoms. The Morgan fingerprint density at radius 1 is 1.14 bits per heavy atom. The normalized spacial score (nSPS) is 17.2. The summed E-state index contributed by atoms with van der Waals surface area (Å²) < 4.78 is 28.1. The Kier molecular flexibility index (Phi) is 5.52. The molecule has 1 aliphatic carbocycles. The Bertz CT molecular complexity index is 620. The molecule has 0 saturated heterocycles. The Balaban J connectivity index is 2.18. The van der Waals surface area contributed by atoms with Crippen molar-refractivity contribution in [3.05, 3.63) is 28.8 Å². The number of carbonyl (C=O) groups excluding carboxylic acids is 1. The molecule has 1 saturated carbocycles. The fourth-order valence-electron chi connectivity index (χ4n) is 2.39. The summed E-state index contributed by atoms with van der Waals surface area (Å²) in [6.07, 6.45) is 5.88. The number of rotatable bonds is 3. The van der Waals surface area contributed by atoms with E-state index in [1.54, 1.807) is 0 Å². The van der Waals surface area contributed by atoms with E-state index >= 15 is 0 Å². The van der Waals surface area contributed by atoms with Crippen LogP contribution in [0.3, 0.4) is 0 Å². The topological polar surface area (TPSA) is 60.4 Å². The maximum Gasteiger partial charge on any atom is 0.339 e. The third-order valence-corrected chi connectivity index (χ3v) is 5.20. The number of ether oxygens (including phenoxy) is 1. The van der Waals surface area contributed by atoms with Crippen molar-refractivity contribution in [1.82, 2.24) is 0 Å². The van der Waals surface area contributed by atoms with Gasteiger partial charge in [-0.3, -0.25) is 0 Å². The van der Waals surface area contributed by atoms with Crippen molar-refractivity contribution in [1.29, 1.82) is 0 Å². The third kappa shape index (κ3) is 4.59. The van der Waals surface area contributed by atoms with Gasteiger partial charge in [0.05, 0.1) is 15.5 Å². The highest BCUT2D eigenvalue weighted by Gasteiger charge is 2.21. The molecule has 1 aromatic carbocycles. The zero-order chi connectivity index (χ0) is 15.5. The van der Waals surface area contributed by atoms with Gasteiger partial charge in [-0.05, 0) is 43.9 Å². The monoisotopic (exact) mass is 350 g/mol. The van der Waals surface area contributed by atoms with E-state index in [1.807, 2.05) is 0 Å². The van der Waals surface area contributed by atoms with Crippen LogP contribution in [0.5, 0.6) is 0 Å². The molecular weight excluding hydrogens is 335 g/mol. The first-order valence-corrected chi connectivity index (χ1v) is 9.52. The first-order valence-electron chi connectivity index (χ1n) is 6.83. The average Bonchev–Trinajstić information content (AvgIpc) is 2.66. The Labute approximate surface area is 133 Å². The maximum atomic E-state index is 12.2. The Morgan fingerprint density at radius 3 is 2.33 bits per heavy atom. The van der Waals surface area contributed by atoms with Crippen LogP contribution in [0.15, 0.2) is 23.1 Å². The molecule has 1 aliphatic rings. The zero-order valence-electron chi connectivity index (χ0n) is 11.3. The summed E-state index contributed by atoms with van der Waals surface area (Å²) in [6, 6.07) is 3.75. The van der Waals surface area contributed by atoms with Crippen molar-refractivity contribution < 1.29 is 17.9 Å². The molecule has 0 N–H and O–H groups in total. The maximum absolute atomic E-state index is 12.2. The number of benzene rings is 1. The van der Waals surface area contributed by atoms with Crippen molar-refractivity contribution in [2.24, 2.45) is 0 Å². The Morgan fingerprint density at radius 2 is 1.76 bits per heavy atom. The fourth-order valence-corrected chi connectivity index (χ4v) is 3.36. The van der Waals surface area contributed by atoms with Crippen LogP contribution in [-0.4, -0.2) is 20.5 Å². The minimum absolute atomic E-state index is 0.0302. The van der Waals surface area contributed by atoms with Gasteiger partial charge in [0.25, 0.3) is 9.05 Å². The lowest BCUT2D eigenvalue weighted by molar-refractivity contribution is 0.0267. The molecule has 4 nitrogen and oxygen atoms in total. The lowest BCUT2D eigenvalue weighted by atomic mass is 10.1. The molecule has 0 aliphatic heterocycles. The predicted molar refractivity (Wildman–Crippen MR) is 81.4 cm³/mol. The van der Waals surface area contributed by atoms with Crippen LogP contribution in [0.2, 0.25) is 5.02 Å². The standard InChI is InChI=1S/C14H16Cl2O4S/c15-13-8-7-11(21(16,18)19)9-12(13)14(17)20-10-5-3-1-2-4-6-10/h7-10H,1-6H2. The minimum Gasteiger partial charge on any atom is -0.459 e. The molecule has 1 fully saturated rings. The minimum atomic E-state index is -3.91. The molecule has 7 heteroatoms. The average molecular weight is 351 g/mol. The quantitative estimate of drug-likeness (QED) is 0.466. The summed E-state index contributed by atoms with van der Waals surface area (Å²) in [6.45, 7) is 0. The van der Waals surface area contributed by atoms with E-state index in [2.05, 4.69) is 0 Å². The highest BCUT2D eigenvalue weighted by atomic mass is 35.7. The number of esters is 1. The molecule has 0 spiro atoms. The zero-order valence-corrected chi connectivity index (χ0v) is 13.7. The van der Waals surface area contributed by atoms with E-state index in [4.69, 9.17) is 27.0 Å². The van der Waals surface area contributed by atoms with Crippen molar-refractivity contribution in [3.8, 4) is 0 Å². The van der Waals surface area contributed by atoms with Crippen LogP contribution in [0.1, 0.15) is 48.9 Å². The Hall–Kier alpha value is -0.780. The summed E-state index contributed by atoms with van der Waals surface area (Å²) in [7, 11) is 1.37. The second kappa shape index (κ2) is 6.99. The summed E-state index contributed by atoms with van der Waals surface area (Å²) in [5.74, 6) is -0.603. The highest BCUT2D eigenvalue weighted by Crippen LogP contribution is 2.26. The largest absolute Gasteiger partial charge is 0.459 e. The van der Waals surface area contributed by atoms with Crippen LogP contribution in [0.25, 0.3) is 0 Å².